The van der Waals surface area contributed by atoms with Gasteiger partial charge in [-0.2, -0.15) is 0 Å². The molecule has 0 saturated carbocycles. The third-order valence-electron chi connectivity index (χ3n) is 3.59. The number of likely N-dealkylation sites (tertiary alicyclic amines) is 1. The molecule has 94 valence electrons. The van der Waals surface area contributed by atoms with Crippen LogP contribution in [0.2, 0.25) is 0 Å². The largest absolute Gasteiger partial charge is 0.282 e. The number of nitrogens with zero attached hydrogens (tertiary/aromatic N) is 1. The zero-order valence-electron chi connectivity index (χ0n) is 10.1. The van der Waals surface area contributed by atoms with Gasteiger partial charge in [0, 0.05) is 36.0 Å². The van der Waals surface area contributed by atoms with E-state index in [9.17, 15) is 9.59 Å². The molecule has 1 fully saturated rings. The van der Waals surface area contributed by atoms with Crippen molar-refractivity contribution in [3.63, 3.8) is 0 Å². The summed E-state index contributed by atoms with van der Waals surface area (Å²) in [6.07, 6.45) is 1.75. The molecule has 1 atom stereocenters. The van der Waals surface area contributed by atoms with Crippen molar-refractivity contribution in [1.29, 1.82) is 0 Å². The van der Waals surface area contributed by atoms with Gasteiger partial charge in [0.05, 0.1) is 0 Å². The molecule has 2 amide bonds. The maximum atomic E-state index is 11.8. The first-order chi connectivity index (χ1) is 8.75. The Labute approximate surface area is 111 Å². The van der Waals surface area contributed by atoms with Crippen molar-refractivity contribution in [2.45, 2.75) is 30.1 Å². The van der Waals surface area contributed by atoms with Gasteiger partial charge in [-0.3, -0.25) is 14.5 Å². The minimum absolute atomic E-state index is 0.000584. The highest BCUT2D eigenvalue weighted by molar-refractivity contribution is 7.99. The lowest BCUT2D eigenvalue weighted by Gasteiger charge is -2.27. The van der Waals surface area contributed by atoms with E-state index in [1.54, 1.807) is 0 Å². The molecule has 2 aliphatic heterocycles. The quantitative estimate of drug-likeness (QED) is 0.767. The van der Waals surface area contributed by atoms with Crippen molar-refractivity contribution in [2.75, 3.05) is 12.3 Å². The summed E-state index contributed by atoms with van der Waals surface area (Å²) in [6, 6.07) is 8.28. The molecule has 0 N–H and O–H groups in total. The van der Waals surface area contributed by atoms with Gasteiger partial charge in [-0.15, -0.1) is 11.8 Å². The lowest BCUT2D eigenvalue weighted by Crippen LogP contribution is -2.42. The summed E-state index contributed by atoms with van der Waals surface area (Å²) in [5, 5.41) is 0. The van der Waals surface area contributed by atoms with Crippen LogP contribution in [-0.4, -0.2) is 29.0 Å². The number of benzene rings is 1. The first-order valence-electron chi connectivity index (χ1n) is 6.30. The monoisotopic (exact) mass is 261 g/mol. The summed E-state index contributed by atoms with van der Waals surface area (Å²) in [5.74, 6) is 1.27. The number of fused-ring (bicyclic) bond motifs is 1. The van der Waals surface area contributed by atoms with Gasteiger partial charge in [-0.05, 0) is 18.1 Å². The zero-order valence-corrected chi connectivity index (χ0v) is 10.9. The van der Waals surface area contributed by atoms with Crippen LogP contribution in [-0.2, 0) is 9.59 Å². The molecule has 1 unspecified atom stereocenters. The Bertz CT molecular complexity index is 484. The molecule has 0 aliphatic carbocycles. The highest BCUT2D eigenvalue weighted by Gasteiger charge is 2.31. The summed E-state index contributed by atoms with van der Waals surface area (Å²) in [5.41, 5.74) is 1.29. The second kappa shape index (κ2) is 4.76. The van der Waals surface area contributed by atoms with Crippen LogP contribution >= 0.6 is 11.8 Å². The van der Waals surface area contributed by atoms with Crippen LogP contribution in [0, 0.1) is 0 Å². The number of carbonyl (C=O) groups excluding carboxylic acids is 2. The molecule has 2 aliphatic rings. The maximum Gasteiger partial charge on any atom is 0.229 e. The fourth-order valence-electron chi connectivity index (χ4n) is 2.60. The van der Waals surface area contributed by atoms with Crippen molar-refractivity contribution >= 4 is 23.6 Å². The Morgan fingerprint density at radius 2 is 1.89 bits per heavy atom. The molecule has 2 heterocycles. The van der Waals surface area contributed by atoms with Gasteiger partial charge >= 0.3 is 0 Å². The van der Waals surface area contributed by atoms with Crippen LogP contribution in [0.4, 0.5) is 0 Å². The average molecular weight is 261 g/mol. The zero-order chi connectivity index (χ0) is 12.5. The highest BCUT2D eigenvalue weighted by atomic mass is 32.2. The Morgan fingerprint density at radius 3 is 2.67 bits per heavy atom. The van der Waals surface area contributed by atoms with E-state index in [0.29, 0.717) is 31.7 Å². The molecule has 3 rings (SSSR count). The van der Waals surface area contributed by atoms with Gasteiger partial charge in [-0.25, -0.2) is 0 Å². The van der Waals surface area contributed by atoms with E-state index in [0.717, 1.165) is 5.75 Å². The molecule has 0 bridgehead atoms. The predicted molar refractivity (Wildman–Crippen MR) is 70.5 cm³/mol. The number of piperidine rings is 1. The second-order valence-electron chi connectivity index (χ2n) is 4.80. The van der Waals surface area contributed by atoms with Gasteiger partial charge in [0.15, 0.2) is 0 Å². The van der Waals surface area contributed by atoms with Gasteiger partial charge in [-0.1, -0.05) is 18.2 Å². The molecule has 0 spiro atoms. The van der Waals surface area contributed by atoms with Crippen molar-refractivity contribution in [3.05, 3.63) is 29.8 Å². The standard InChI is InChI=1S/C14H15NO2S/c16-13-6-3-7-14(17)15(13)8-10-9-18-12-5-2-1-4-11(10)12/h1-2,4-5,10H,3,6-9H2. The van der Waals surface area contributed by atoms with Gasteiger partial charge < -0.3 is 0 Å². The third kappa shape index (κ3) is 2.05. The van der Waals surface area contributed by atoms with Crippen LogP contribution in [0.5, 0.6) is 0 Å². The van der Waals surface area contributed by atoms with E-state index in [1.165, 1.54) is 15.4 Å². The van der Waals surface area contributed by atoms with E-state index >= 15 is 0 Å². The van der Waals surface area contributed by atoms with Crippen LogP contribution in [0.3, 0.4) is 0 Å². The van der Waals surface area contributed by atoms with Crippen molar-refractivity contribution in [1.82, 2.24) is 4.90 Å². The first kappa shape index (κ1) is 11.8. The summed E-state index contributed by atoms with van der Waals surface area (Å²) >= 11 is 1.82. The van der Waals surface area contributed by atoms with Crippen molar-refractivity contribution in [2.24, 2.45) is 0 Å². The highest BCUT2D eigenvalue weighted by Crippen LogP contribution is 2.39. The topological polar surface area (TPSA) is 37.4 Å². The number of amides is 2. The summed E-state index contributed by atoms with van der Waals surface area (Å²) in [4.78, 5) is 26.4. The Balaban J connectivity index is 1.78. The fraction of sp³-hybridized carbons (Fsp3) is 0.429. The van der Waals surface area contributed by atoms with Gasteiger partial charge in [0.1, 0.15) is 0 Å². The number of rotatable bonds is 2. The molecule has 18 heavy (non-hydrogen) atoms. The number of hydrogen-bond donors (Lipinski definition) is 0. The van der Waals surface area contributed by atoms with Gasteiger partial charge in [0.25, 0.3) is 0 Å². The third-order valence-corrected chi connectivity index (χ3v) is 4.84. The fourth-order valence-corrected chi connectivity index (χ4v) is 3.85. The molecule has 1 aromatic carbocycles. The maximum absolute atomic E-state index is 11.8. The Kier molecular flexibility index (Phi) is 3.12. The molecular weight excluding hydrogens is 246 g/mol. The summed E-state index contributed by atoms with van der Waals surface area (Å²) in [6.45, 7) is 0.557. The Morgan fingerprint density at radius 1 is 1.17 bits per heavy atom. The summed E-state index contributed by atoms with van der Waals surface area (Å²) in [7, 11) is 0. The van der Waals surface area contributed by atoms with E-state index in [2.05, 4.69) is 12.1 Å². The minimum Gasteiger partial charge on any atom is -0.282 e. The van der Waals surface area contributed by atoms with E-state index in [-0.39, 0.29) is 11.8 Å². The number of imide groups is 1. The lowest BCUT2D eigenvalue weighted by atomic mass is 9.99. The van der Waals surface area contributed by atoms with Crippen LogP contribution in [0.15, 0.2) is 29.2 Å². The number of carbonyl (C=O) groups is 2. The van der Waals surface area contributed by atoms with Gasteiger partial charge in [0.2, 0.25) is 11.8 Å². The van der Waals surface area contributed by atoms with Crippen LogP contribution in [0.1, 0.15) is 30.7 Å². The predicted octanol–water partition coefficient (Wildman–Crippen LogP) is 2.42. The van der Waals surface area contributed by atoms with E-state index in [4.69, 9.17) is 0 Å². The lowest BCUT2D eigenvalue weighted by molar-refractivity contribution is -0.148. The molecule has 4 heteroatoms. The first-order valence-corrected chi connectivity index (χ1v) is 7.29. The van der Waals surface area contributed by atoms with Crippen LogP contribution in [0.25, 0.3) is 0 Å². The minimum atomic E-state index is 0.000584. The Hall–Kier alpha value is -1.29. The van der Waals surface area contributed by atoms with Crippen LogP contribution < -0.4 is 0 Å². The van der Waals surface area contributed by atoms with Crippen molar-refractivity contribution in [3.8, 4) is 0 Å². The van der Waals surface area contributed by atoms with E-state index in [1.807, 2.05) is 23.9 Å². The normalized spacial score (nSPS) is 23.3. The molecule has 1 aromatic rings. The number of thioether (sulfide) groups is 1. The smallest absolute Gasteiger partial charge is 0.229 e. The average Bonchev–Trinajstić information content (AvgIpc) is 2.77. The molecule has 1 saturated heterocycles. The SMILES string of the molecule is O=C1CCCC(=O)N1CC1CSc2ccccc21. The molecular formula is C14H15NO2S. The molecule has 3 nitrogen and oxygen atoms in total. The second-order valence-corrected chi connectivity index (χ2v) is 5.86. The van der Waals surface area contributed by atoms with Crippen molar-refractivity contribution < 1.29 is 9.59 Å². The van der Waals surface area contributed by atoms with E-state index < -0.39 is 0 Å². The summed E-state index contributed by atoms with van der Waals surface area (Å²) < 4.78 is 0. The molecule has 0 aromatic heterocycles. The number of hydrogen-bond acceptors (Lipinski definition) is 3. The molecule has 0 radical (unpaired) electrons.